The Labute approximate surface area is 112 Å². The quantitative estimate of drug-likeness (QED) is 0.589. The minimum atomic E-state index is 0.304. The molecule has 0 saturated carbocycles. The van der Waals surface area contributed by atoms with Crippen molar-refractivity contribution in [1.82, 2.24) is 35.3 Å². The van der Waals surface area contributed by atoms with E-state index in [1.165, 1.54) is 0 Å². The SMILES string of the molecule is Cn1c(-c2nc(-c3nn[nH]n3)no2)cc2ccccc21. The van der Waals surface area contributed by atoms with E-state index in [-0.39, 0.29) is 0 Å². The molecule has 4 aromatic rings. The normalized spacial score (nSPS) is 11.2. The Morgan fingerprint density at radius 3 is 2.90 bits per heavy atom. The van der Waals surface area contributed by atoms with Gasteiger partial charge in [-0.2, -0.15) is 10.2 Å². The Balaban J connectivity index is 1.85. The molecule has 0 aliphatic carbocycles. The third-order valence-electron chi connectivity index (χ3n) is 3.14. The van der Waals surface area contributed by atoms with E-state index in [2.05, 4.69) is 30.8 Å². The number of H-pyrrole nitrogens is 1. The smallest absolute Gasteiger partial charge is 0.274 e. The van der Waals surface area contributed by atoms with Crippen LogP contribution in [0.5, 0.6) is 0 Å². The maximum Gasteiger partial charge on any atom is 0.274 e. The average Bonchev–Trinajstić information content (AvgIpc) is 3.17. The number of nitrogens with one attached hydrogen (secondary N) is 1. The third kappa shape index (κ3) is 1.51. The number of rotatable bonds is 2. The highest BCUT2D eigenvalue weighted by Gasteiger charge is 2.17. The number of hydrogen-bond donors (Lipinski definition) is 1. The van der Waals surface area contributed by atoms with Gasteiger partial charge in [-0.05, 0) is 17.3 Å². The maximum absolute atomic E-state index is 5.28. The van der Waals surface area contributed by atoms with Crippen molar-refractivity contribution in [1.29, 1.82) is 0 Å². The monoisotopic (exact) mass is 267 g/mol. The van der Waals surface area contributed by atoms with Crippen molar-refractivity contribution in [2.24, 2.45) is 7.05 Å². The van der Waals surface area contributed by atoms with Crippen LogP contribution in [-0.2, 0) is 7.05 Å². The predicted octanol–water partition coefficient (Wildman–Crippen LogP) is 1.41. The van der Waals surface area contributed by atoms with Crippen molar-refractivity contribution >= 4 is 10.9 Å². The first kappa shape index (κ1) is 10.9. The molecule has 0 atom stereocenters. The molecule has 8 nitrogen and oxygen atoms in total. The van der Waals surface area contributed by atoms with Gasteiger partial charge in [0.2, 0.25) is 11.6 Å². The molecule has 0 unspecified atom stereocenters. The van der Waals surface area contributed by atoms with E-state index in [1.54, 1.807) is 0 Å². The zero-order valence-corrected chi connectivity index (χ0v) is 10.5. The Bertz CT molecular complexity index is 874. The molecular formula is C12H9N7O. The molecule has 0 saturated heterocycles. The van der Waals surface area contributed by atoms with Crippen LogP contribution >= 0.6 is 0 Å². The Morgan fingerprint density at radius 1 is 1.20 bits per heavy atom. The van der Waals surface area contributed by atoms with Gasteiger partial charge in [-0.15, -0.1) is 10.2 Å². The largest absolute Gasteiger partial charge is 0.340 e. The number of fused-ring (bicyclic) bond motifs is 1. The number of aromatic amines is 1. The number of aryl methyl sites for hydroxylation is 1. The number of hydrogen-bond acceptors (Lipinski definition) is 6. The van der Waals surface area contributed by atoms with Gasteiger partial charge in [-0.25, -0.2) is 0 Å². The van der Waals surface area contributed by atoms with E-state index in [9.17, 15) is 0 Å². The Morgan fingerprint density at radius 2 is 2.10 bits per heavy atom. The van der Waals surface area contributed by atoms with Crippen LogP contribution in [-0.4, -0.2) is 35.3 Å². The summed E-state index contributed by atoms with van der Waals surface area (Å²) < 4.78 is 7.28. The zero-order chi connectivity index (χ0) is 13.5. The van der Waals surface area contributed by atoms with Crippen LogP contribution in [0.1, 0.15) is 0 Å². The average molecular weight is 267 g/mol. The summed E-state index contributed by atoms with van der Waals surface area (Å²) in [7, 11) is 1.95. The topological polar surface area (TPSA) is 98.3 Å². The van der Waals surface area contributed by atoms with Crippen LogP contribution in [0.25, 0.3) is 34.1 Å². The fraction of sp³-hybridized carbons (Fsp3) is 0.0833. The van der Waals surface area contributed by atoms with Crippen molar-refractivity contribution in [2.75, 3.05) is 0 Å². The lowest BCUT2D eigenvalue weighted by Crippen LogP contribution is -1.91. The molecule has 98 valence electrons. The number of tetrazole rings is 1. The predicted molar refractivity (Wildman–Crippen MR) is 69.4 cm³/mol. The highest BCUT2D eigenvalue weighted by molar-refractivity contribution is 5.85. The fourth-order valence-corrected chi connectivity index (χ4v) is 2.17. The van der Waals surface area contributed by atoms with Gasteiger partial charge in [0, 0.05) is 18.0 Å². The summed E-state index contributed by atoms with van der Waals surface area (Å²) in [6, 6.07) is 10.1. The summed E-state index contributed by atoms with van der Waals surface area (Å²) >= 11 is 0. The first-order valence-corrected chi connectivity index (χ1v) is 5.95. The van der Waals surface area contributed by atoms with Crippen molar-refractivity contribution in [3.05, 3.63) is 30.3 Å². The molecule has 20 heavy (non-hydrogen) atoms. The molecule has 0 aliphatic rings. The van der Waals surface area contributed by atoms with Crippen LogP contribution < -0.4 is 0 Å². The lowest BCUT2D eigenvalue weighted by Gasteiger charge is -1.98. The molecule has 3 heterocycles. The van der Waals surface area contributed by atoms with Crippen molar-refractivity contribution in [3.63, 3.8) is 0 Å². The lowest BCUT2D eigenvalue weighted by molar-refractivity contribution is 0.429. The van der Waals surface area contributed by atoms with Crippen LogP contribution in [0.2, 0.25) is 0 Å². The minimum absolute atomic E-state index is 0.304. The molecule has 0 bridgehead atoms. The second kappa shape index (κ2) is 3.98. The van der Waals surface area contributed by atoms with Crippen molar-refractivity contribution in [2.45, 2.75) is 0 Å². The number of nitrogens with zero attached hydrogens (tertiary/aromatic N) is 6. The summed E-state index contributed by atoms with van der Waals surface area (Å²) in [4.78, 5) is 4.30. The molecular weight excluding hydrogens is 258 g/mol. The van der Waals surface area contributed by atoms with Crippen LogP contribution in [0.15, 0.2) is 34.9 Å². The van der Waals surface area contributed by atoms with Gasteiger partial charge in [0.25, 0.3) is 5.89 Å². The van der Waals surface area contributed by atoms with Crippen molar-refractivity contribution in [3.8, 4) is 23.2 Å². The molecule has 0 aliphatic heterocycles. The molecule has 1 aromatic carbocycles. The standard InChI is InChI=1S/C12H9N7O/c1-19-8-5-3-2-4-7(8)6-9(19)12-13-10(16-20-12)11-14-17-18-15-11/h2-6H,1H3,(H,14,15,17,18). The number of para-hydroxylation sites is 1. The first-order chi connectivity index (χ1) is 9.83. The van der Waals surface area contributed by atoms with Crippen molar-refractivity contribution < 1.29 is 4.52 Å². The Hall–Kier alpha value is -3.03. The van der Waals surface area contributed by atoms with Gasteiger partial charge < -0.3 is 9.09 Å². The zero-order valence-electron chi connectivity index (χ0n) is 10.5. The maximum atomic E-state index is 5.28. The number of aromatic nitrogens is 7. The summed E-state index contributed by atoms with van der Waals surface area (Å²) in [6.45, 7) is 0. The Kier molecular flexibility index (Phi) is 2.16. The molecule has 1 N–H and O–H groups in total. The summed E-state index contributed by atoms with van der Waals surface area (Å²) in [5.74, 6) is 1.03. The fourth-order valence-electron chi connectivity index (χ4n) is 2.17. The molecule has 0 spiro atoms. The van der Waals surface area contributed by atoms with Crippen LogP contribution in [0.3, 0.4) is 0 Å². The number of benzene rings is 1. The summed E-state index contributed by atoms with van der Waals surface area (Å²) in [5.41, 5.74) is 1.94. The van der Waals surface area contributed by atoms with Gasteiger partial charge in [0.15, 0.2) is 0 Å². The van der Waals surface area contributed by atoms with Gasteiger partial charge in [0.1, 0.15) is 5.69 Å². The van der Waals surface area contributed by atoms with E-state index in [4.69, 9.17) is 4.52 Å². The lowest BCUT2D eigenvalue weighted by atomic mass is 10.2. The van der Waals surface area contributed by atoms with Gasteiger partial charge >= 0.3 is 0 Å². The van der Waals surface area contributed by atoms with E-state index < -0.39 is 0 Å². The second-order valence-electron chi connectivity index (χ2n) is 4.31. The van der Waals surface area contributed by atoms with Gasteiger partial charge in [-0.1, -0.05) is 23.4 Å². The molecule has 3 aromatic heterocycles. The molecule has 8 heteroatoms. The van der Waals surface area contributed by atoms with E-state index in [0.29, 0.717) is 17.5 Å². The highest BCUT2D eigenvalue weighted by Crippen LogP contribution is 2.26. The van der Waals surface area contributed by atoms with E-state index >= 15 is 0 Å². The molecule has 0 fully saturated rings. The summed E-state index contributed by atoms with van der Waals surface area (Å²) in [5, 5.41) is 18.4. The third-order valence-corrected chi connectivity index (χ3v) is 3.14. The highest BCUT2D eigenvalue weighted by atomic mass is 16.5. The first-order valence-electron chi connectivity index (χ1n) is 5.95. The van der Waals surface area contributed by atoms with Crippen LogP contribution in [0, 0.1) is 0 Å². The van der Waals surface area contributed by atoms with E-state index in [1.807, 2.05) is 41.9 Å². The van der Waals surface area contributed by atoms with E-state index in [0.717, 1.165) is 16.6 Å². The molecule has 0 radical (unpaired) electrons. The molecule has 0 amide bonds. The summed E-state index contributed by atoms with van der Waals surface area (Å²) in [6.07, 6.45) is 0. The molecule has 4 rings (SSSR count). The second-order valence-corrected chi connectivity index (χ2v) is 4.31. The van der Waals surface area contributed by atoms with Gasteiger partial charge in [-0.3, -0.25) is 0 Å². The van der Waals surface area contributed by atoms with Gasteiger partial charge in [0.05, 0.1) is 0 Å². The minimum Gasteiger partial charge on any atom is -0.340 e. The van der Waals surface area contributed by atoms with Crippen LogP contribution in [0.4, 0.5) is 0 Å².